The fraction of sp³-hybridized carbons (Fsp3) is 1.00. The van der Waals surface area contributed by atoms with Crippen molar-refractivity contribution >= 4 is 36.0 Å². The molecule has 0 aromatic rings. The Kier molecular flexibility index (Phi) is 5.65. The van der Waals surface area contributed by atoms with Gasteiger partial charge in [-0.25, -0.2) is 0 Å². The molecule has 0 amide bonds. The Balaban J connectivity index is 1.64. The minimum absolute atomic E-state index is 0.136. The van der Waals surface area contributed by atoms with Gasteiger partial charge < -0.3 is 18.1 Å². The summed E-state index contributed by atoms with van der Waals surface area (Å²) in [4.78, 5) is 0. The summed E-state index contributed by atoms with van der Waals surface area (Å²) in [5.41, 5.74) is 0.272. The quantitative estimate of drug-likeness (QED) is 0.537. The van der Waals surface area contributed by atoms with E-state index in [0.29, 0.717) is 0 Å². The lowest BCUT2D eigenvalue weighted by Gasteiger charge is -2.34. The van der Waals surface area contributed by atoms with Crippen LogP contribution >= 0.6 is 36.0 Å². The van der Waals surface area contributed by atoms with Crippen molar-refractivity contribution in [1.82, 2.24) is 0 Å². The molecule has 0 spiro atoms. The van der Waals surface area contributed by atoms with Gasteiger partial charge in [-0.15, -0.1) is 0 Å². The van der Waals surface area contributed by atoms with Gasteiger partial charge >= 0.3 is 0 Å². The van der Waals surface area contributed by atoms with E-state index in [-0.39, 0.29) is 10.8 Å². The first kappa shape index (κ1) is 15.8. The molecule has 0 aromatic carbocycles. The fourth-order valence-electron chi connectivity index (χ4n) is 1.21. The summed E-state index contributed by atoms with van der Waals surface area (Å²) in [6.45, 7) is 11.7. The molecule has 0 bridgehead atoms. The Hall–Kier alpha value is 1.40. The topological polar surface area (TPSA) is 36.9 Å². The highest BCUT2D eigenvalue weighted by atomic mass is 33.5. The van der Waals surface area contributed by atoms with Crippen molar-refractivity contribution in [3.8, 4) is 0 Å². The molecule has 2 saturated heterocycles. The third-order valence-corrected chi connectivity index (χ3v) is 10.9. The van der Waals surface area contributed by atoms with E-state index in [0.717, 1.165) is 26.4 Å². The van der Waals surface area contributed by atoms with Crippen molar-refractivity contribution in [2.24, 2.45) is 10.8 Å². The molecule has 18 heavy (non-hydrogen) atoms. The normalized spacial score (nSPS) is 29.3. The second kappa shape index (κ2) is 6.44. The molecule has 2 heterocycles. The van der Waals surface area contributed by atoms with Crippen LogP contribution in [-0.4, -0.2) is 26.4 Å². The zero-order valence-corrected chi connectivity index (χ0v) is 14.6. The Morgan fingerprint density at radius 1 is 0.667 bits per heavy atom. The van der Waals surface area contributed by atoms with E-state index < -0.39 is 15.2 Å². The molecule has 0 saturated carbocycles. The third kappa shape index (κ3) is 5.06. The standard InChI is InChI=1S/C10H20O4P2S2/c1-9(2)5-11-15(12-6-9)17-18-16-13-7-10(3,4)8-14-16/h5-8H2,1-4H3. The monoisotopic (exact) mass is 330 g/mol. The van der Waals surface area contributed by atoms with Crippen LogP contribution in [0, 0.1) is 10.8 Å². The predicted octanol–water partition coefficient (Wildman–Crippen LogP) is 4.97. The van der Waals surface area contributed by atoms with Gasteiger partial charge in [0.05, 0.1) is 26.4 Å². The van der Waals surface area contributed by atoms with E-state index in [1.807, 2.05) is 0 Å². The van der Waals surface area contributed by atoms with E-state index in [2.05, 4.69) is 27.7 Å². The Labute approximate surface area is 119 Å². The van der Waals surface area contributed by atoms with E-state index in [1.165, 1.54) is 0 Å². The van der Waals surface area contributed by atoms with Gasteiger partial charge in [-0.3, -0.25) is 0 Å². The summed E-state index contributed by atoms with van der Waals surface area (Å²) >= 11 is 0. The second-order valence-electron chi connectivity index (χ2n) is 6.02. The molecule has 0 aromatic heterocycles. The van der Waals surface area contributed by atoms with Crippen LogP contribution in [0.1, 0.15) is 27.7 Å². The highest BCUT2D eigenvalue weighted by molar-refractivity contribution is 9.11. The zero-order chi connectivity index (χ0) is 13.2. The summed E-state index contributed by atoms with van der Waals surface area (Å²) in [5, 5.41) is 0. The van der Waals surface area contributed by atoms with Crippen molar-refractivity contribution in [2.45, 2.75) is 27.7 Å². The first-order valence-corrected chi connectivity index (χ1v) is 11.5. The van der Waals surface area contributed by atoms with Crippen molar-refractivity contribution in [3.63, 3.8) is 0 Å². The smallest absolute Gasteiger partial charge is 0.249 e. The van der Waals surface area contributed by atoms with Gasteiger partial charge in [-0.1, -0.05) is 27.7 Å². The van der Waals surface area contributed by atoms with Crippen LogP contribution in [0.15, 0.2) is 0 Å². The maximum Gasteiger partial charge on any atom is 0.249 e. The molecule has 2 aliphatic rings. The molecular weight excluding hydrogens is 310 g/mol. The molecule has 2 fully saturated rings. The first-order chi connectivity index (χ1) is 8.36. The van der Waals surface area contributed by atoms with E-state index in [9.17, 15) is 0 Å². The minimum atomic E-state index is -0.843. The average molecular weight is 330 g/mol. The molecule has 0 atom stereocenters. The van der Waals surface area contributed by atoms with Gasteiger partial charge in [-0.05, 0) is 0 Å². The summed E-state index contributed by atoms with van der Waals surface area (Å²) in [6, 6.07) is 0. The lowest BCUT2D eigenvalue weighted by atomic mass is 9.97. The van der Waals surface area contributed by atoms with Crippen molar-refractivity contribution in [3.05, 3.63) is 0 Å². The molecule has 0 aliphatic carbocycles. The number of hydrogen-bond acceptors (Lipinski definition) is 6. The van der Waals surface area contributed by atoms with Crippen LogP contribution in [-0.2, 0) is 18.1 Å². The fourth-order valence-corrected chi connectivity index (χ4v) is 10.4. The second-order valence-corrected chi connectivity index (χ2v) is 13.6. The molecule has 2 aliphatic heterocycles. The van der Waals surface area contributed by atoms with Gasteiger partial charge in [0.1, 0.15) is 0 Å². The summed E-state index contributed by atoms with van der Waals surface area (Å²) < 4.78 is 22.8. The van der Waals surface area contributed by atoms with Crippen LogP contribution in [0.2, 0.25) is 0 Å². The predicted molar refractivity (Wildman–Crippen MR) is 80.4 cm³/mol. The van der Waals surface area contributed by atoms with E-state index in [4.69, 9.17) is 18.1 Å². The summed E-state index contributed by atoms with van der Waals surface area (Å²) in [7, 11) is 1.56. The molecular formula is C10H20O4P2S2. The number of rotatable bonds is 3. The molecule has 106 valence electrons. The highest BCUT2D eigenvalue weighted by Crippen LogP contribution is 2.71. The molecule has 8 heteroatoms. The number of hydrogen-bond donors (Lipinski definition) is 0. The van der Waals surface area contributed by atoms with Gasteiger partial charge in [-0.2, -0.15) is 0 Å². The summed E-state index contributed by atoms with van der Waals surface area (Å²) in [6.07, 6.45) is 0. The molecule has 2 rings (SSSR count). The Morgan fingerprint density at radius 2 is 0.944 bits per heavy atom. The van der Waals surface area contributed by atoms with Crippen LogP contribution in [0.5, 0.6) is 0 Å². The maximum atomic E-state index is 5.71. The van der Waals surface area contributed by atoms with Gasteiger partial charge in [0, 0.05) is 31.7 Å². The molecule has 0 unspecified atom stereocenters. The third-order valence-electron chi connectivity index (χ3n) is 2.40. The highest BCUT2D eigenvalue weighted by Gasteiger charge is 2.33. The first-order valence-electron chi connectivity index (χ1n) is 5.83. The minimum Gasteiger partial charge on any atom is -0.325 e. The lowest BCUT2D eigenvalue weighted by Crippen LogP contribution is -2.27. The molecule has 4 nitrogen and oxygen atoms in total. The molecule has 0 N–H and O–H groups in total. The summed E-state index contributed by atoms with van der Waals surface area (Å²) in [5.74, 6) is 0. The van der Waals surface area contributed by atoms with Gasteiger partial charge in [0.2, 0.25) is 15.2 Å². The van der Waals surface area contributed by atoms with Crippen LogP contribution in [0.25, 0.3) is 0 Å². The Bertz CT molecular complexity index is 243. The van der Waals surface area contributed by atoms with Crippen molar-refractivity contribution < 1.29 is 18.1 Å². The Morgan fingerprint density at radius 3 is 1.22 bits per heavy atom. The van der Waals surface area contributed by atoms with E-state index in [1.54, 1.807) is 20.8 Å². The van der Waals surface area contributed by atoms with Crippen LogP contribution in [0.3, 0.4) is 0 Å². The lowest BCUT2D eigenvalue weighted by molar-refractivity contribution is 0.0683. The molecule has 0 radical (unpaired) electrons. The van der Waals surface area contributed by atoms with Gasteiger partial charge in [0.25, 0.3) is 0 Å². The van der Waals surface area contributed by atoms with Crippen LogP contribution < -0.4 is 0 Å². The van der Waals surface area contributed by atoms with Gasteiger partial charge in [0.15, 0.2) is 0 Å². The average Bonchev–Trinajstić information content (AvgIpc) is 2.29. The van der Waals surface area contributed by atoms with E-state index >= 15 is 0 Å². The SMILES string of the molecule is CC1(C)COP(SSP2OCC(C)(C)CO2)OC1. The van der Waals surface area contributed by atoms with Crippen molar-refractivity contribution in [1.29, 1.82) is 0 Å². The zero-order valence-electron chi connectivity index (χ0n) is 11.2. The van der Waals surface area contributed by atoms with Crippen LogP contribution in [0.4, 0.5) is 0 Å². The largest absolute Gasteiger partial charge is 0.325 e. The maximum absolute atomic E-state index is 5.71. The van der Waals surface area contributed by atoms with Crippen molar-refractivity contribution in [2.75, 3.05) is 26.4 Å².